The zero-order chi connectivity index (χ0) is 12.9. The Bertz CT molecular complexity index is 231. The fourth-order valence-electron chi connectivity index (χ4n) is 1.50. The summed E-state index contributed by atoms with van der Waals surface area (Å²) in [6.45, 7) is 13.9. The van der Waals surface area contributed by atoms with Gasteiger partial charge < -0.3 is 4.74 Å². The molecule has 0 aromatic carbocycles. The monoisotopic (exact) mass is 241 g/mol. The third kappa shape index (κ3) is 7.13. The molecule has 0 saturated carbocycles. The third-order valence-electron chi connectivity index (χ3n) is 2.31. The zero-order valence-corrected chi connectivity index (χ0v) is 11.7. The van der Waals surface area contributed by atoms with Gasteiger partial charge in [-0.3, -0.25) is 9.58 Å². The molecule has 1 aliphatic heterocycles. The third-order valence-corrected chi connectivity index (χ3v) is 2.31. The predicted molar refractivity (Wildman–Crippen MR) is 72.2 cm³/mol. The molecule has 1 aliphatic rings. The van der Waals surface area contributed by atoms with Gasteiger partial charge in [-0.15, -0.1) is 0 Å². The van der Waals surface area contributed by atoms with Crippen molar-refractivity contribution in [3.63, 3.8) is 0 Å². The number of ether oxygens (including phenoxy) is 1. The fraction of sp³-hybridized carbons (Fsp3) is 0.769. The average molecular weight is 241 g/mol. The van der Waals surface area contributed by atoms with Crippen LogP contribution < -0.4 is 0 Å². The number of rotatable bonds is 3. The summed E-state index contributed by atoms with van der Waals surface area (Å²) < 4.78 is 7.24. The van der Waals surface area contributed by atoms with Crippen LogP contribution in [0.2, 0.25) is 0 Å². The Morgan fingerprint density at radius 1 is 1.06 bits per heavy atom. The van der Waals surface area contributed by atoms with Crippen molar-refractivity contribution >= 4 is 0 Å². The van der Waals surface area contributed by atoms with E-state index in [0.717, 1.165) is 39.4 Å². The van der Waals surface area contributed by atoms with Crippen molar-refractivity contribution in [1.29, 1.82) is 0 Å². The van der Waals surface area contributed by atoms with Crippen LogP contribution in [0.15, 0.2) is 18.5 Å². The minimum atomic E-state index is 0.874. The summed E-state index contributed by atoms with van der Waals surface area (Å²) in [7, 11) is 0. The molecule has 0 spiro atoms. The maximum atomic E-state index is 5.27. The lowest BCUT2D eigenvalue weighted by molar-refractivity contribution is 0.0360. The van der Waals surface area contributed by atoms with Crippen LogP contribution in [0.4, 0.5) is 0 Å². The molecule has 1 fully saturated rings. The molecule has 0 unspecified atom stereocenters. The molecular formula is C13H27N3O. The molecule has 17 heavy (non-hydrogen) atoms. The molecule has 0 aliphatic carbocycles. The van der Waals surface area contributed by atoms with Crippen molar-refractivity contribution in [2.24, 2.45) is 0 Å². The number of hydrogen-bond donors (Lipinski definition) is 0. The van der Waals surface area contributed by atoms with Crippen LogP contribution in [0.1, 0.15) is 27.7 Å². The van der Waals surface area contributed by atoms with Gasteiger partial charge in [0.1, 0.15) is 0 Å². The Kier molecular flexibility index (Phi) is 11.0. The lowest BCUT2D eigenvalue weighted by atomic mass is 10.4. The second-order valence-corrected chi connectivity index (χ2v) is 3.22. The van der Waals surface area contributed by atoms with Gasteiger partial charge in [-0.1, -0.05) is 27.7 Å². The molecule has 1 aromatic rings. The second-order valence-electron chi connectivity index (χ2n) is 3.22. The lowest BCUT2D eigenvalue weighted by Crippen LogP contribution is -2.38. The maximum Gasteiger partial charge on any atom is 0.0594 e. The van der Waals surface area contributed by atoms with Gasteiger partial charge in [0.15, 0.2) is 0 Å². The van der Waals surface area contributed by atoms with E-state index in [4.69, 9.17) is 4.74 Å². The summed E-state index contributed by atoms with van der Waals surface area (Å²) in [5.41, 5.74) is 0. The summed E-state index contributed by atoms with van der Waals surface area (Å²) in [6, 6.07) is 1.96. The molecule has 4 nitrogen and oxygen atoms in total. The molecule has 1 aromatic heterocycles. The number of aromatic nitrogens is 2. The van der Waals surface area contributed by atoms with Crippen molar-refractivity contribution < 1.29 is 4.74 Å². The van der Waals surface area contributed by atoms with E-state index >= 15 is 0 Å². The molecule has 0 N–H and O–H groups in total. The van der Waals surface area contributed by atoms with E-state index in [0.29, 0.717) is 0 Å². The van der Waals surface area contributed by atoms with E-state index in [2.05, 4.69) is 10.00 Å². The average Bonchev–Trinajstić information content (AvgIpc) is 2.95. The van der Waals surface area contributed by atoms with Crippen LogP contribution in [-0.4, -0.2) is 47.5 Å². The SMILES string of the molecule is CC.CC.c1cnn(CCN2CCOCC2)c1. The normalized spacial score (nSPS) is 15.3. The van der Waals surface area contributed by atoms with Gasteiger partial charge in [0.2, 0.25) is 0 Å². The first-order valence-electron chi connectivity index (χ1n) is 6.73. The summed E-state index contributed by atoms with van der Waals surface area (Å²) in [5, 5.41) is 4.16. The molecule has 2 rings (SSSR count). The second kappa shape index (κ2) is 11.6. The molecule has 0 atom stereocenters. The van der Waals surface area contributed by atoms with Gasteiger partial charge in [-0.05, 0) is 6.07 Å². The summed E-state index contributed by atoms with van der Waals surface area (Å²) >= 11 is 0. The summed E-state index contributed by atoms with van der Waals surface area (Å²) in [4.78, 5) is 2.41. The van der Waals surface area contributed by atoms with Crippen LogP contribution >= 0.6 is 0 Å². The fourth-order valence-corrected chi connectivity index (χ4v) is 1.50. The van der Waals surface area contributed by atoms with Gasteiger partial charge in [0.25, 0.3) is 0 Å². The van der Waals surface area contributed by atoms with Crippen molar-refractivity contribution in [2.45, 2.75) is 34.2 Å². The molecular weight excluding hydrogens is 214 g/mol. The van der Waals surface area contributed by atoms with Crippen LogP contribution in [-0.2, 0) is 11.3 Å². The van der Waals surface area contributed by atoms with E-state index in [1.807, 2.05) is 50.8 Å². The lowest BCUT2D eigenvalue weighted by Gasteiger charge is -2.26. The highest BCUT2D eigenvalue weighted by Gasteiger charge is 2.09. The molecule has 0 bridgehead atoms. The van der Waals surface area contributed by atoms with Gasteiger partial charge in [-0.2, -0.15) is 5.10 Å². The zero-order valence-electron chi connectivity index (χ0n) is 11.7. The molecule has 100 valence electrons. The van der Waals surface area contributed by atoms with Gasteiger partial charge in [0, 0.05) is 32.0 Å². The predicted octanol–water partition coefficient (Wildman–Crippen LogP) is 2.27. The highest BCUT2D eigenvalue weighted by atomic mass is 16.5. The first-order chi connectivity index (χ1) is 8.45. The Labute approximate surface area is 106 Å². The number of nitrogens with zero attached hydrogens (tertiary/aromatic N) is 3. The van der Waals surface area contributed by atoms with Crippen LogP contribution in [0.5, 0.6) is 0 Å². The van der Waals surface area contributed by atoms with Crippen LogP contribution in [0.25, 0.3) is 0 Å². The topological polar surface area (TPSA) is 30.3 Å². The van der Waals surface area contributed by atoms with Gasteiger partial charge >= 0.3 is 0 Å². The van der Waals surface area contributed by atoms with Crippen molar-refractivity contribution in [2.75, 3.05) is 32.8 Å². The molecule has 0 radical (unpaired) electrons. The Balaban J connectivity index is 0.000000581. The molecule has 2 heterocycles. The van der Waals surface area contributed by atoms with E-state index in [1.54, 1.807) is 0 Å². The number of hydrogen-bond acceptors (Lipinski definition) is 3. The largest absolute Gasteiger partial charge is 0.379 e. The smallest absolute Gasteiger partial charge is 0.0594 e. The number of morpholine rings is 1. The minimum absolute atomic E-state index is 0.874. The van der Waals surface area contributed by atoms with E-state index in [-0.39, 0.29) is 0 Å². The molecule has 1 saturated heterocycles. The van der Waals surface area contributed by atoms with Crippen molar-refractivity contribution in [3.05, 3.63) is 18.5 Å². The molecule has 4 heteroatoms. The van der Waals surface area contributed by atoms with Crippen molar-refractivity contribution in [3.8, 4) is 0 Å². The minimum Gasteiger partial charge on any atom is -0.379 e. The summed E-state index contributed by atoms with van der Waals surface area (Å²) in [5.74, 6) is 0. The summed E-state index contributed by atoms with van der Waals surface area (Å²) in [6.07, 6.45) is 3.82. The standard InChI is InChI=1S/C9H15N3O.2C2H6/c1-2-10-12(3-1)5-4-11-6-8-13-9-7-11;2*1-2/h1-3H,4-9H2;2*1-2H3. The highest BCUT2D eigenvalue weighted by molar-refractivity contribution is 4.78. The van der Waals surface area contributed by atoms with E-state index in [9.17, 15) is 0 Å². The van der Waals surface area contributed by atoms with E-state index in [1.165, 1.54) is 0 Å². The first kappa shape index (κ1) is 16.1. The Hall–Kier alpha value is -0.870. The van der Waals surface area contributed by atoms with Gasteiger partial charge in [-0.25, -0.2) is 0 Å². The van der Waals surface area contributed by atoms with Crippen LogP contribution in [0.3, 0.4) is 0 Å². The van der Waals surface area contributed by atoms with Gasteiger partial charge in [0.05, 0.1) is 19.8 Å². The molecule has 0 amide bonds. The maximum absolute atomic E-state index is 5.27. The Morgan fingerprint density at radius 3 is 2.24 bits per heavy atom. The van der Waals surface area contributed by atoms with Crippen molar-refractivity contribution in [1.82, 2.24) is 14.7 Å². The first-order valence-corrected chi connectivity index (χ1v) is 6.73. The Morgan fingerprint density at radius 2 is 1.71 bits per heavy atom. The highest BCUT2D eigenvalue weighted by Crippen LogP contribution is 1.96. The van der Waals surface area contributed by atoms with E-state index < -0.39 is 0 Å². The quantitative estimate of drug-likeness (QED) is 0.813. The van der Waals surface area contributed by atoms with Crippen LogP contribution in [0, 0.1) is 0 Å².